The number of nitrogens with one attached hydrogen (secondary N) is 1. The summed E-state index contributed by atoms with van der Waals surface area (Å²) < 4.78 is 0. The zero-order valence-electron chi connectivity index (χ0n) is 20.0. The van der Waals surface area contributed by atoms with Gasteiger partial charge >= 0.3 is 5.97 Å². The zero-order chi connectivity index (χ0) is 24.1. The Balaban J connectivity index is 1.62. The van der Waals surface area contributed by atoms with Crippen molar-refractivity contribution in [3.8, 4) is 0 Å². The van der Waals surface area contributed by atoms with Gasteiger partial charge in [-0.25, -0.2) is 0 Å². The summed E-state index contributed by atoms with van der Waals surface area (Å²) in [5, 5.41) is 11.3. The first-order valence-corrected chi connectivity index (χ1v) is 12.5. The van der Waals surface area contributed by atoms with Gasteiger partial charge in [-0.05, 0) is 81.0 Å². The summed E-state index contributed by atoms with van der Waals surface area (Å²) in [6, 6.07) is 4.50. The van der Waals surface area contributed by atoms with Crippen molar-refractivity contribution in [3.63, 3.8) is 0 Å². The molecular weight excluding hydrogens is 428 g/mol. The van der Waals surface area contributed by atoms with E-state index in [0.717, 1.165) is 49.8 Å². The fourth-order valence-electron chi connectivity index (χ4n) is 5.15. The van der Waals surface area contributed by atoms with Crippen LogP contribution in [0.15, 0.2) is 47.2 Å². The number of carboxylic acids is 1. The molecule has 2 amide bonds. The molecule has 4 rings (SSSR count). The second-order valence-electron chi connectivity index (χ2n) is 9.57. The van der Waals surface area contributed by atoms with Crippen molar-refractivity contribution in [1.29, 1.82) is 0 Å². The first-order chi connectivity index (χ1) is 16.4. The Labute approximate surface area is 201 Å². The van der Waals surface area contributed by atoms with Crippen LogP contribution in [-0.2, 0) is 27.2 Å². The van der Waals surface area contributed by atoms with E-state index in [2.05, 4.69) is 35.3 Å². The van der Waals surface area contributed by atoms with Gasteiger partial charge in [0.1, 0.15) is 0 Å². The highest BCUT2D eigenvalue weighted by atomic mass is 16.4. The summed E-state index contributed by atoms with van der Waals surface area (Å²) in [5.74, 6) is -1.48. The number of nitrogens with zero attached hydrogens (tertiary/aromatic N) is 1. The van der Waals surface area contributed by atoms with Crippen LogP contribution in [0.25, 0.3) is 0 Å². The Morgan fingerprint density at radius 1 is 1.09 bits per heavy atom. The number of hydrogen-bond acceptors (Lipinski definition) is 4. The lowest BCUT2D eigenvalue weighted by Gasteiger charge is -2.31. The maximum atomic E-state index is 12.6. The molecule has 2 heterocycles. The number of carbonyl (C=O) groups is 3. The molecule has 0 saturated heterocycles. The number of hydrogen-bond donors (Lipinski definition) is 2. The van der Waals surface area contributed by atoms with Gasteiger partial charge in [0.25, 0.3) is 11.8 Å². The van der Waals surface area contributed by atoms with Gasteiger partial charge in [0, 0.05) is 24.7 Å². The molecule has 0 spiro atoms. The van der Waals surface area contributed by atoms with E-state index in [9.17, 15) is 14.4 Å². The number of fused-ring (bicyclic) bond motifs is 2. The highest BCUT2D eigenvalue weighted by Crippen LogP contribution is 2.36. The molecule has 2 aliphatic heterocycles. The maximum Gasteiger partial charge on any atom is 0.303 e. The molecule has 180 valence electrons. The molecule has 0 radical (unpaired) electrons. The molecule has 34 heavy (non-hydrogen) atoms. The Bertz CT molecular complexity index is 1080. The van der Waals surface area contributed by atoms with Crippen LogP contribution in [-0.4, -0.2) is 29.4 Å². The number of rotatable bonds is 9. The molecule has 6 heteroatoms. The van der Waals surface area contributed by atoms with Crippen LogP contribution in [0, 0.1) is 6.92 Å². The lowest BCUT2D eigenvalue weighted by Crippen LogP contribution is -2.39. The highest BCUT2D eigenvalue weighted by molar-refractivity contribution is 6.15. The van der Waals surface area contributed by atoms with Crippen LogP contribution in [0.5, 0.6) is 0 Å². The third-order valence-corrected chi connectivity index (χ3v) is 6.99. The van der Waals surface area contributed by atoms with E-state index < -0.39 is 5.97 Å². The molecule has 6 nitrogen and oxygen atoms in total. The Hall–Kier alpha value is -3.15. The lowest BCUT2D eigenvalue weighted by molar-refractivity contribution is -0.137. The van der Waals surface area contributed by atoms with Crippen LogP contribution in [0.3, 0.4) is 0 Å². The molecule has 0 aromatic heterocycles. The molecule has 0 fully saturated rings. The van der Waals surface area contributed by atoms with Crippen LogP contribution >= 0.6 is 0 Å². The minimum Gasteiger partial charge on any atom is -0.481 e. The highest BCUT2D eigenvalue weighted by Gasteiger charge is 2.30. The van der Waals surface area contributed by atoms with Crippen LogP contribution < -0.4 is 10.2 Å². The number of unbranched alkanes of at least 4 members (excludes halogenated alkanes) is 3. The van der Waals surface area contributed by atoms with E-state index in [1.165, 1.54) is 35.6 Å². The molecule has 0 saturated carbocycles. The zero-order valence-corrected chi connectivity index (χ0v) is 20.0. The molecule has 1 aliphatic carbocycles. The molecule has 2 N–H and O–H groups in total. The summed E-state index contributed by atoms with van der Waals surface area (Å²) in [4.78, 5) is 37.8. The van der Waals surface area contributed by atoms with E-state index in [0.29, 0.717) is 30.7 Å². The number of carboxylic acid groups (broad SMARTS) is 1. The average molecular weight is 463 g/mol. The third-order valence-electron chi connectivity index (χ3n) is 6.99. The summed E-state index contributed by atoms with van der Waals surface area (Å²) in [7, 11) is 0. The van der Waals surface area contributed by atoms with Gasteiger partial charge in [0.2, 0.25) is 0 Å². The number of aryl methyl sites for hydroxylation is 1. The number of aliphatic carboxylic acids is 1. The van der Waals surface area contributed by atoms with E-state index in [1.54, 1.807) is 0 Å². The predicted molar refractivity (Wildman–Crippen MR) is 133 cm³/mol. The molecular formula is C28H34N2O4. The molecule has 3 aliphatic rings. The van der Waals surface area contributed by atoms with Crippen molar-refractivity contribution in [1.82, 2.24) is 5.32 Å². The van der Waals surface area contributed by atoms with E-state index in [4.69, 9.17) is 5.11 Å². The maximum absolute atomic E-state index is 12.6. The molecule has 0 bridgehead atoms. The largest absolute Gasteiger partial charge is 0.481 e. The van der Waals surface area contributed by atoms with Crippen molar-refractivity contribution in [3.05, 3.63) is 63.9 Å². The first-order valence-electron chi connectivity index (χ1n) is 12.5. The van der Waals surface area contributed by atoms with Gasteiger partial charge in [-0.3, -0.25) is 19.7 Å². The number of anilines is 1. The van der Waals surface area contributed by atoms with Crippen molar-refractivity contribution in [2.45, 2.75) is 77.6 Å². The van der Waals surface area contributed by atoms with Crippen molar-refractivity contribution in [2.75, 3.05) is 11.4 Å². The van der Waals surface area contributed by atoms with Crippen molar-refractivity contribution in [2.24, 2.45) is 0 Å². The summed E-state index contributed by atoms with van der Waals surface area (Å²) in [5.41, 5.74) is 7.51. The fourth-order valence-corrected chi connectivity index (χ4v) is 5.15. The monoisotopic (exact) mass is 462 g/mol. The van der Waals surface area contributed by atoms with Gasteiger partial charge in [-0.15, -0.1) is 0 Å². The standard InChI is InChI=1S/C28H34N2O4/c1-19-15-21-12-13-23-25(18-26(31)29-28(23)34)30(14-8-3-2-7-11-27(32)33)24(21)17-22(19)16-20-9-5-4-6-10-20/h9,13,15,17-18H,2-8,10-12,14,16H2,1H3,(H,32,33)(H,29,31,34). The van der Waals surface area contributed by atoms with Crippen LogP contribution in [0.1, 0.15) is 74.5 Å². The van der Waals surface area contributed by atoms with Crippen LogP contribution in [0.2, 0.25) is 0 Å². The molecule has 1 aromatic rings. The molecule has 0 atom stereocenters. The topological polar surface area (TPSA) is 86.7 Å². The Kier molecular flexibility index (Phi) is 7.66. The summed E-state index contributed by atoms with van der Waals surface area (Å²) >= 11 is 0. The van der Waals surface area contributed by atoms with E-state index in [1.807, 2.05) is 6.08 Å². The number of allylic oxidation sites excluding steroid dienone is 3. The van der Waals surface area contributed by atoms with Gasteiger partial charge < -0.3 is 10.0 Å². The van der Waals surface area contributed by atoms with E-state index >= 15 is 0 Å². The SMILES string of the molecule is Cc1cc2c(cc1CC1=CCCCC1)N(CCCCCCC(=O)O)C1=CC(=O)NC(=O)C1=CC2. The summed E-state index contributed by atoms with van der Waals surface area (Å²) in [6.07, 6.45) is 15.7. The van der Waals surface area contributed by atoms with Gasteiger partial charge in [0.05, 0.1) is 11.3 Å². The Morgan fingerprint density at radius 3 is 2.68 bits per heavy atom. The predicted octanol–water partition coefficient (Wildman–Crippen LogP) is 4.90. The van der Waals surface area contributed by atoms with Crippen molar-refractivity contribution < 1.29 is 19.5 Å². The third kappa shape index (κ3) is 5.66. The van der Waals surface area contributed by atoms with Crippen molar-refractivity contribution >= 4 is 23.5 Å². The Morgan fingerprint density at radius 2 is 1.91 bits per heavy atom. The van der Waals surface area contributed by atoms with Crippen LogP contribution in [0.4, 0.5) is 5.69 Å². The number of amides is 2. The number of carbonyl (C=O) groups excluding carboxylic acids is 2. The normalized spacial score (nSPS) is 17.7. The minimum absolute atomic E-state index is 0.192. The lowest BCUT2D eigenvalue weighted by atomic mass is 9.91. The second kappa shape index (κ2) is 10.9. The molecule has 0 unspecified atom stereocenters. The number of benzene rings is 1. The average Bonchev–Trinajstić information content (AvgIpc) is 2.94. The first kappa shape index (κ1) is 24.0. The summed E-state index contributed by atoms with van der Waals surface area (Å²) in [6.45, 7) is 2.83. The van der Waals surface area contributed by atoms with Gasteiger partial charge in [-0.2, -0.15) is 0 Å². The number of imide groups is 1. The van der Waals surface area contributed by atoms with Gasteiger partial charge in [0.15, 0.2) is 0 Å². The molecule has 1 aromatic carbocycles. The smallest absolute Gasteiger partial charge is 0.303 e. The van der Waals surface area contributed by atoms with Gasteiger partial charge in [-0.1, -0.05) is 36.6 Å². The van der Waals surface area contributed by atoms with E-state index in [-0.39, 0.29) is 18.2 Å². The fraction of sp³-hybridized carbons (Fsp3) is 0.464. The quantitative estimate of drug-likeness (QED) is 0.310. The minimum atomic E-state index is -0.760. The second-order valence-corrected chi connectivity index (χ2v) is 9.57.